The fraction of sp³-hybridized carbons (Fsp3) is 0.737. The highest BCUT2D eigenvalue weighted by Gasteiger charge is 2.31. The molecule has 0 amide bonds. The Kier molecular flexibility index (Phi) is 6.39. The summed E-state index contributed by atoms with van der Waals surface area (Å²) < 4.78 is 11.8. The Hall–Kier alpha value is -0.930. The molecule has 0 aromatic carbocycles. The molecule has 0 radical (unpaired) electrons. The lowest BCUT2D eigenvalue weighted by Gasteiger charge is -2.20. The van der Waals surface area contributed by atoms with Crippen molar-refractivity contribution in [2.24, 2.45) is 0 Å². The van der Waals surface area contributed by atoms with Crippen molar-refractivity contribution in [3.05, 3.63) is 22.3 Å². The minimum absolute atomic E-state index is 0.157. The van der Waals surface area contributed by atoms with Gasteiger partial charge < -0.3 is 9.47 Å². The number of Topliss-reactive ketones (excluding diaryl/α,β-unsaturated/α-hetero) is 1. The summed E-state index contributed by atoms with van der Waals surface area (Å²) in [6.07, 6.45) is 5.26. The molecule has 0 aromatic heterocycles. The van der Waals surface area contributed by atoms with E-state index in [1.807, 2.05) is 0 Å². The fourth-order valence-corrected chi connectivity index (χ4v) is 3.16. The highest BCUT2D eigenvalue weighted by atomic mass is 16.5. The first-order valence-electron chi connectivity index (χ1n) is 8.56. The molecule has 22 heavy (non-hydrogen) atoms. The van der Waals surface area contributed by atoms with Gasteiger partial charge in [-0.2, -0.15) is 0 Å². The Morgan fingerprint density at radius 2 is 1.23 bits per heavy atom. The highest BCUT2D eigenvalue weighted by molar-refractivity contribution is 5.87. The number of hydrogen-bond acceptors (Lipinski definition) is 3. The van der Waals surface area contributed by atoms with E-state index in [-0.39, 0.29) is 18.0 Å². The minimum Gasteiger partial charge on any atom is -0.366 e. The standard InChI is InChI=1S/C19H30O3/c1-13(2)15-7-5-9-17(21-11-15)19(20)18-10-6-8-16(12-22-18)14(3)4/h17-18H,5-12H2,1-4H3. The monoisotopic (exact) mass is 306 g/mol. The van der Waals surface area contributed by atoms with Gasteiger partial charge in [-0.3, -0.25) is 4.79 Å². The Morgan fingerprint density at radius 3 is 1.59 bits per heavy atom. The molecule has 2 unspecified atom stereocenters. The molecule has 0 saturated carbocycles. The fourth-order valence-electron chi connectivity index (χ4n) is 3.16. The van der Waals surface area contributed by atoms with E-state index >= 15 is 0 Å². The van der Waals surface area contributed by atoms with E-state index in [2.05, 4.69) is 27.7 Å². The second-order valence-corrected chi connectivity index (χ2v) is 6.99. The smallest absolute Gasteiger partial charge is 0.190 e. The number of hydrogen-bond donors (Lipinski definition) is 0. The van der Waals surface area contributed by atoms with E-state index in [1.54, 1.807) is 0 Å². The molecule has 2 heterocycles. The molecule has 0 N–H and O–H groups in total. The van der Waals surface area contributed by atoms with Crippen LogP contribution in [0, 0.1) is 0 Å². The van der Waals surface area contributed by atoms with E-state index in [9.17, 15) is 4.79 Å². The van der Waals surface area contributed by atoms with Crippen LogP contribution in [-0.2, 0) is 14.3 Å². The summed E-state index contributed by atoms with van der Waals surface area (Å²) in [6, 6.07) is 0. The predicted molar refractivity (Wildman–Crippen MR) is 88.9 cm³/mol. The zero-order valence-electron chi connectivity index (χ0n) is 14.5. The maximum Gasteiger partial charge on any atom is 0.190 e. The molecule has 2 fully saturated rings. The Balaban J connectivity index is 1.97. The lowest BCUT2D eigenvalue weighted by Crippen LogP contribution is -2.35. The zero-order chi connectivity index (χ0) is 16.1. The van der Waals surface area contributed by atoms with Gasteiger partial charge in [-0.05, 0) is 77.4 Å². The first kappa shape index (κ1) is 17.4. The molecule has 0 spiro atoms. The van der Waals surface area contributed by atoms with Gasteiger partial charge in [0.05, 0.1) is 13.2 Å². The van der Waals surface area contributed by atoms with Crippen molar-refractivity contribution >= 4 is 5.78 Å². The summed E-state index contributed by atoms with van der Waals surface area (Å²) in [7, 11) is 0. The van der Waals surface area contributed by atoms with Crippen LogP contribution in [0.3, 0.4) is 0 Å². The molecular weight excluding hydrogens is 276 g/mol. The van der Waals surface area contributed by atoms with E-state index in [4.69, 9.17) is 9.47 Å². The largest absolute Gasteiger partial charge is 0.366 e. The molecule has 124 valence electrons. The van der Waals surface area contributed by atoms with Crippen molar-refractivity contribution < 1.29 is 14.3 Å². The summed E-state index contributed by atoms with van der Waals surface area (Å²) in [4.78, 5) is 12.7. The van der Waals surface area contributed by atoms with Crippen LogP contribution < -0.4 is 0 Å². The van der Waals surface area contributed by atoms with Crippen molar-refractivity contribution in [1.82, 2.24) is 0 Å². The molecule has 3 heteroatoms. The average molecular weight is 306 g/mol. The summed E-state index contributed by atoms with van der Waals surface area (Å²) in [5.41, 5.74) is 5.35. The molecule has 0 aromatic rings. The number of carbonyl (C=O) groups excluding carboxylic acids is 1. The molecule has 3 nitrogen and oxygen atoms in total. The van der Waals surface area contributed by atoms with E-state index in [0.717, 1.165) is 38.5 Å². The van der Waals surface area contributed by atoms with E-state index in [1.165, 1.54) is 22.3 Å². The number of allylic oxidation sites excluding steroid dienone is 2. The Labute approximate surface area is 134 Å². The Morgan fingerprint density at radius 1 is 0.818 bits per heavy atom. The molecule has 2 aliphatic heterocycles. The van der Waals surface area contributed by atoms with Gasteiger partial charge in [0.25, 0.3) is 0 Å². The average Bonchev–Trinajstić information content (AvgIpc) is 2.87. The first-order chi connectivity index (χ1) is 10.5. The first-order valence-corrected chi connectivity index (χ1v) is 8.56. The van der Waals surface area contributed by atoms with Crippen LogP contribution in [0.5, 0.6) is 0 Å². The van der Waals surface area contributed by atoms with Crippen LogP contribution in [-0.4, -0.2) is 31.2 Å². The van der Waals surface area contributed by atoms with Crippen molar-refractivity contribution in [3.63, 3.8) is 0 Å². The highest BCUT2D eigenvalue weighted by Crippen LogP contribution is 2.25. The molecule has 2 aliphatic rings. The van der Waals surface area contributed by atoms with E-state index < -0.39 is 0 Å². The molecule has 2 rings (SSSR count). The van der Waals surface area contributed by atoms with Gasteiger partial charge >= 0.3 is 0 Å². The summed E-state index contributed by atoms with van der Waals surface area (Å²) in [5, 5.41) is 0. The van der Waals surface area contributed by atoms with E-state index in [0.29, 0.717) is 13.2 Å². The van der Waals surface area contributed by atoms with Gasteiger partial charge in [-0.1, -0.05) is 11.1 Å². The third-order valence-corrected chi connectivity index (χ3v) is 4.86. The van der Waals surface area contributed by atoms with Crippen LogP contribution in [0.1, 0.15) is 66.2 Å². The third kappa shape index (κ3) is 4.53. The zero-order valence-corrected chi connectivity index (χ0v) is 14.5. The third-order valence-electron chi connectivity index (χ3n) is 4.86. The SMILES string of the molecule is CC(C)=C1CCCC(C(=O)C2CCCC(=C(C)C)CO2)OC1. The molecule has 0 bridgehead atoms. The van der Waals surface area contributed by atoms with Gasteiger partial charge in [0, 0.05) is 0 Å². The van der Waals surface area contributed by atoms with Crippen molar-refractivity contribution in [1.29, 1.82) is 0 Å². The second-order valence-electron chi connectivity index (χ2n) is 6.99. The summed E-state index contributed by atoms with van der Waals surface area (Å²) in [6.45, 7) is 9.69. The van der Waals surface area contributed by atoms with Gasteiger partial charge in [-0.25, -0.2) is 0 Å². The topological polar surface area (TPSA) is 35.5 Å². The van der Waals surface area contributed by atoms with Crippen LogP contribution in [0.4, 0.5) is 0 Å². The quantitative estimate of drug-likeness (QED) is 0.711. The van der Waals surface area contributed by atoms with Gasteiger partial charge in [0.2, 0.25) is 0 Å². The van der Waals surface area contributed by atoms with Crippen molar-refractivity contribution in [2.75, 3.05) is 13.2 Å². The summed E-state index contributed by atoms with van der Waals surface area (Å²) >= 11 is 0. The van der Waals surface area contributed by atoms with Crippen molar-refractivity contribution in [2.45, 2.75) is 78.4 Å². The summed E-state index contributed by atoms with van der Waals surface area (Å²) in [5.74, 6) is 0.157. The van der Waals surface area contributed by atoms with Gasteiger partial charge in [0.15, 0.2) is 5.78 Å². The molecular formula is C19H30O3. The molecule has 2 atom stereocenters. The van der Waals surface area contributed by atoms with Gasteiger partial charge in [-0.15, -0.1) is 0 Å². The molecule has 2 saturated heterocycles. The van der Waals surface area contributed by atoms with Crippen LogP contribution in [0.2, 0.25) is 0 Å². The minimum atomic E-state index is -0.282. The Bertz CT molecular complexity index is 423. The maximum absolute atomic E-state index is 12.7. The lowest BCUT2D eigenvalue weighted by molar-refractivity contribution is -0.141. The number of carbonyl (C=O) groups is 1. The van der Waals surface area contributed by atoms with Crippen LogP contribution >= 0.6 is 0 Å². The van der Waals surface area contributed by atoms with Crippen LogP contribution in [0.25, 0.3) is 0 Å². The van der Waals surface area contributed by atoms with Crippen molar-refractivity contribution in [3.8, 4) is 0 Å². The lowest BCUT2D eigenvalue weighted by atomic mass is 9.99. The number of ether oxygens (including phenoxy) is 2. The van der Waals surface area contributed by atoms with Crippen LogP contribution in [0.15, 0.2) is 22.3 Å². The number of ketones is 1. The maximum atomic E-state index is 12.7. The van der Waals surface area contributed by atoms with Gasteiger partial charge in [0.1, 0.15) is 12.2 Å². The molecule has 0 aliphatic carbocycles. The second kappa shape index (κ2) is 8.07. The predicted octanol–water partition coefficient (Wildman–Crippen LogP) is 4.37. The normalized spacial score (nSPS) is 27.1. The number of rotatable bonds is 2.